The van der Waals surface area contributed by atoms with Gasteiger partial charge in [0.25, 0.3) is 11.8 Å². The summed E-state index contributed by atoms with van der Waals surface area (Å²) in [4.78, 5) is 30.8. The monoisotopic (exact) mass is 506 g/mol. The molecule has 10 nitrogen and oxygen atoms in total. The number of nitrogens with one attached hydrogen (secondary N) is 2. The molecule has 194 valence electrons. The molecular formula is C27H30N4O6. The molecule has 2 atom stereocenters. The van der Waals surface area contributed by atoms with E-state index in [0.717, 1.165) is 16.9 Å². The van der Waals surface area contributed by atoms with Gasteiger partial charge in [-0.25, -0.2) is 4.98 Å². The van der Waals surface area contributed by atoms with Crippen molar-refractivity contribution >= 4 is 11.8 Å². The van der Waals surface area contributed by atoms with Gasteiger partial charge in [0.1, 0.15) is 12.4 Å². The second-order valence-corrected chi connectivity index (χ2v) is 9.14. The second kappa shape index (κ2) is 11.5. The van der Waals surface area contributed by atoms with E-state index >= 15 is 0 Å². The molecule has 0 unspecified atom stereocenters. The largest absolute Gasteiger partial charge is 0.486 e. The summed E-state index contributed by atoms with van der Waals surface area (Å²) in [6.07, 6.45) is 2.86. The van der Waals surface area contributed by atoms with Crippen molar-refractivity contribution in [2.75, 3.05) is 32.8 Å². The van der Waals surface area contributed by atoms with Gasteiger partial charge in [0.2, 0.25) is 0 Å². The first-order valence-corrected chi connectivity index (χ1v) is 12.4. The minimum absolute atomic E-state index is 0.0668. The Kier molecular flexibility index (Phi) is 7.79. The molecule has 2 aliphatic rings. The van der Waals surface area contributed by atoms with Crippen molar-refractivity contribution in [3.05, 3.63) is 83.1 Å². The van der Waals surface area contributed by atoms with Crippen LogP contribution in [0.1, 0.15) is 37.6 Å². The molecule has 5 rings (SSSR count). The summed E-state index contributed by atoms with van der Waals surface area (Å²) in [7, 11) is 0. The number of rotatable bonds is 8. The molecule has 3 aromatic rings. The summed E-state index contributed by atoms with van der Waals surface area (Å²) in [5.74, 6) is 1.02. The van der Waals surface area contributed by atoms with E-state index in [-0.39, 0.29) is 24.4 Å². The quantitative estimate of drug-likeness (QED) is 0.420. The Morgan fingerprint density at radius 1 is 1.14 bits per heavy atom. The number of aromatic nitrogens is 1. The minimum Gasteiger partial charge on any atom is -0.486 e. The molecule has 1 saturated heterocycles. The first-order chi connectivity index (χ1) is 18.1. The maximum Gasteiger partial charge on any atom is 0.254 e. The van der Waals surface area contributed by atoms with E-state index in [9.17, 15) is 14.7 Å². The Labute approximate surface area is 214 Å². The highest BCUT2D eigenvalue weighted by Crippen LogP contribution is 2.24. The van der Waals surface area contributed by atoms with E-state index in [1.165, 1.54) is 6.39 Å². The Balaban J connectivity index is 1.10. The number of nitrogens with zero attached hydrogens (tertiary/aromatic N) is 2. The number of benzene rings is 2. The standard InChI is InChI=1S/C27H30N4O6/c32-25(15-30-26(33)18-1-3-19(4-2-18)27(34)31-7-9-35-10-8-31)24-12-20-5-6-22(11-21(20)13-29-24)36-16-23-14-28-17-37-23/h1-6,11,14,17,24-25,29,32H,7-10,12-13,15-16H2,(H,30,33)/t24-,25+/m0/s1. The average molecular weight is 507 g/mol. The Morgan fingerprint density at radius 3 is 2.68 bits per heavy atom. The van der Waals surface area contributed by atoms with Crippen molar-refractivity contribution in [3.8, 4) is 5.75 Å². The van der Waals surface area contributed by atoms with Crippen LogP contribution in [0.2, 0.25) is 0 Å². The lowest BCUT2D eigenvalue weighted by atomic mass is 9.92. The summed E-state index contributed by atoms with van der Waals surface area (Å²) in [6, 6.07) is 12.3. The van der Waals surface area contributed by atoms with Crippen LogP contribution in [-0.4, -0.2) is 71.8 Å². The number of amides is 2. The van der Waals surface area contributed by atoms with Crippen molar-refractivity contribution < 1.29 is 28.6 Å². The van der Waals surface area contributed by atoms with Crippen LogP contribution < -0.4 is 15.4 Å². The van der Waals surface area contributed by atoms with Gasteiger partial charge in [0.05, 0.1) is 25.5 Å². The number of carbonyl (C=O) groups is 2. The first-order valence-electron chi connectivity index (χ1n) is 12.4. The highest BCUT2D eigenvalue weighted by molar-refractivity contribution is 5.97. The maximum atomic E-state index is 12.6. The number of fused-ring (bicyclic) bond motifs is 1. The van der Waals surface area contributed by atoms with Gasteiger partial charge < -0.3 is 34.5 Å². The molecule has 37 heavy (non-hydrogen) atoms. The third-order valence-electron chi connectivity index (χ3n) is 6.67. The normalized spacial score (nSPS) is 18.1. The molecule has 0 bridgehead atoms. The first kappa shape index (κ1) is 24.9. The van der Waals surface area contributed by atoms with E-state index in [4.69, 9.17) is 13.9 Å². The Bertz CT molecular complexity index is 1210. The molecule has 3 heterocycles. The second-order valence-electron chi connectivity index (χ2n) is 9.14. The zero-order chi connectivity index (χ0) is 25.6. The lowest BCUT2D eigenvalue weighted by Crippen LogP contribution is -2.49. The molecule has 2 amide bonds. The fraction of sp³-hybridized carbons (Fsp3) is 0.370. The van der Waals surface area contributed by atoms with Crippen molar-refractivity contribution in [1.29, 1.82) is 0 Å². The van der Waals surface area contributed by atoms with Crippen LogP contribution in [0.5, 0.6) is 5.75 Å². The summed E-state index contributed by atoms with van der Waals surface area (Å²) in [6.45, 7) is 3.21. The van der Waals surface area contributed by atoms with Crippen LogP contribution in [0, 0.1) is 0 Å². The average Bonchev–Trinajstić information content (AvgIpc) is 3.48. The smallest absolute Gasteiger partial charge is 0.254 e. The number of oxazole rings is 1. The highest BCUT2D eigenvalue weighted by atomic mass is 16.5. The van der Waals surface area contributed by atoms with Gasteiger partial charge in [-0.05, 0) is 53.9 Å². The molecule has 2 aliphatic heterocycles. The highest BCUT2D eigenvalue weighted by Gasteiger charge is 2.25. The molecule has 1 aromatic heterocycles. The summed E-state index contributed by atoms with van der Waals surface area (Å²) < 4.78 is 16.2. The molecule has 0 saturated carbocycles. The molecule has 0 spiro atoms. The van der Waals surface area contributed by atoms with E-state index in [2.05, 4.69) is 15.6 Å². The fourth-order valence-electron chi connectivity index (χ4n) is 4.50. The van der Waals surface area contributed by atoms with Crippen molar-refractivity contribution in [1.82, 2.24) is 20.5 Å². The summed E-state index contributed by atoms with van der Waals surface area (Å²) >= 11 is 0. The number of hydrogen-bond acceptors (Lipinski definition) is 8. The van der Waals surface area contributed by atoms with Gasteiger partial charge in [-0.2, -0.15) is 0 Å². The van der Waals surface area contributed by atoms with Gasteiger partial charge in [0, 0.05) is 43.3 Å². The van der Waals surface area contributed by atoms with E-state index in [1.807, 2.05) is 18.2 Å². The van der Waals surface area contributed by atoms with Gasteiger partial charge in [-0.3, -0.25) is 9.59 Å². The molecular weight excluding hydrogens is 476 g/mol. The van der Waals surface area contributed by atoms with Crippen LogP contribution in [0.3, 0.4) is 0 Å². The van der Waals surface area contributed by atoms with Gasteiger partial charge in [0.15, 0.2) is 12.2 Å². The summed E-state index contributed by atoms with van der Waals surface area (Å²) in [5.41, 5.74) is 3.21. The lowest BCUT2D eigenvalue weighted by Gasteiger charge is -2.30. The number of ether oxygens (including phenoxy) is 2. The third-order valence-corrected chi connectivity index (χ3v) is 6.67. The predicted molar refractivity (Wildman–Crippen MR) is 133 cm³/mol. The predicted octanol–water partition coefficient (Wildman–Crippen LogP) is 1.53. The number of carbonyl (C=O) groups excluding carboxylic acids is 2. The van der Waals surface area contributed by atoms with E-state index in [0.29, 0.717) is 62.8 Å². The molecule has 0 aliphatic carbocycles. The third kappa shape index (κ3) is 6.16. The van der Waals surface area contributed by atoms with E-state index < -0.39 is 6.10 Å². The summed E-state index contributed by atoms with van der Waals surface area (Å²) in [5, 5.41) is 16.9. The van der Waals surface area contributed by atoms with E-state index in [1.54, 1.807) is 35.4 Å². The number of morpholine rings is 1. The zero-order valence-electron chi connectivity index (χ0n) is 20.4. The number of hydrogen-bond donors (Lipinski definition) is 3. The SMILES string of the molecule is O=C(NC[C@@H](O)[C@@H]1Cc2ccc(OCc3cnco3)cc2CN1)c1ccc(C(=O)N2CCOCC2)cc1. The van der Waals surface area contributed by atoms with Crippen LogP contribution in [0.4, 0.5) is 0 Å². The molecule has 2 aromatic carbocycles. The van der Waals surface area contributed by atoms with Crippen LogP contribution in [0.25, 0.3) is 0 Å². The van der Waals surface area contributed by atoms with Gasteiger partial charge in [-0.15, -0.1) is 0 Å². The minimum atomic E-state index is -0.762. The zero-order valence-corrected chi connectivity index (χ0v) is 20.4. The Morgan fingerprint density at radius 2 is 1.92 bits per heavy atom. The molecule has 3 N–H and O–H groups in total. The van der Waals surface area contributed by atoms with Gasteiger partial charge in [-0.1, -0.05) is 6.07 Å². The number of aliphatic hydroxyl groups excluding tert-OH is 1. The molecule has 10 heteroatoms. The molecule has 1 fully saturated rings. The maximum absolute atomic E-state index is 12.6. The number of aliphatic hydroxyl groups is 1. The van der Waals surface area contributed by atoms with Gasteiger partial charge >= 0.3 is 0 Å². The van der Waals surface area contributed by atoms with Crippen LogP contribution in [0.15, 0.2) is 59.5 Å². The molecule has 0 radical (unpaired) electrons. The van der Waals surface area contributed by atoms with Crippen LogP contribution in [-0.2, 0) is 24.3 Å². The fourth-order valence-corrected chi connectivity index (χ4v) is 4.50. The Hall–Kier alpha value is -3.73. The van der Waals surface area contributed by atoms with Crippen molar-refractivity contribution in [2.45, 2.75) is 31.7 Å². The van der Waals surface area contributed by atoms with Crippen molar-refractivity contribution in [3.63, 3.8) is 0 Å². The lowest BCUT2D eigenvalue weighted by molar-refractivity contribution is 0.0303. The topological polar surface area (TPSA) is 126 Å². The van der Waals surface area contributed by atoms with Crippen molar-refractivity contribution in [2.24, 2.45) is 0 Å². The van der Waals surface area contributed by atoms with Crippen LogP contribution >= 0.6 is 0 Å².